The van der Waals surface area contributed by atoms with Crippen LogP contribution in [-0.4, -0.2) is 98.8 Å². The van der Waals surface area contributed by atoms with Crippen LogP contribution in [0.3, 0.4) is 0 Å². The highest BCUT2D eigenvalue weighted by Crippen LogP contribution is 2.18. The van der Waals surface area contributed by atoms with Gasteiger partial charge in [0.15, 0.2) is 5.96 Å². The van der Waals surface area contributed by atoms with Gasteiger partial charge in [-0.25, -0.2) is 0 Å². The Kier molecular flexibility index (Phi) is 9.23. The monoisotopic (exact) mass is 465 g/mol. The Hall–Kier alpha value is -0.120. The minimum Gasteiger partial charge on any atom is -0.379 e. The van der Waals surface area contributed by atoms with E-state index in [1.165, 1.54) is 32.2 Å². The third-order valence-corrected chi connectivity index (χ3v) is 5.89. The van der Waals surface area contributed by atoms with Crippen LogP contribution in [-0.2, 0) is 4.74 Å². The summed E-state index contributed by atoms with van der Waals surface area (Å²) in [5, 5.41) is 3.66. The first-order chi connectivity index (χ1) is 11.8. The Bertz CT molecular complexity index is 416. The molecule has 0 bridgehead atoms. The number of hydrogen-bond donors (Lipinski definition) is 1. The molecule has 0 aromatic heterocycles. The molecular formula is C18H36IN5O. The van der Waals surface area contributed by atoms with Gasteiger partial charge in [0.25, 0.3) is 0 Å². The van der Waals surface area contributed by atoms with E-state index in [9.17, 15) is 0 Å². The number of likely N-dealkylation sites (tertiary alicyclic amines) is 2. The van der Waals surface area contributed by atoms with Crippen molar-refractivity contribution in [1.82, 2.24) is 20.0 Å². The quantitative estimate of drug-likeness (QED) is 0.387. The second-order valence-electron chi connectivity index (χ2n) is 7.24. The number of morpholine rings is 1. The molecule has 146 valence electrons. The fourth-order valence-corrected chi connectivity index (χ4v) is 4.42. The largest absolute Gasteiger partial charge is 0.379 e. The van der Waals surface area contributed by atoms with E-state index >= 15 is 0 Å². The molecule has 0 aliphatic carbocycles. The highest BCUT2D eigenvalue weighted by molar-refractivity contribution is 14.0. The van der Waals surface area contributed by atoms with E-state index in [0.29, 0.717) is 12.1 Å². The average Bonchev–Trinajstić information content (AvgIpc) is 3.13. The molecule has 3 saturated heterocycles. The van der Waals surface area contributed by atoms with Gasteiger partial charge in [0.2, 0.25) is 0 Å². The molecule has 3 aliphatic rings. The SMILES string of the molecule is CCN1CCCCC1CNC(=NC)N1CCC(N2CCOCC2)C1.I. The van der Waals surface area contributed by atoms with E-state index in [0.717, 1.165) is 58.4 Å². The van der Waals surface area contributed by atoms with E-state index < -0.39 is 0 Å². The smallest absolute Gasteiger partial charge is 0.193 e. The lowest BCUT2D eigenvalue weighted by atomic mass is 10.0. The normalized spacial score (nSPS) is 29.5. The maximum absolute atomic E-state index is 5.49. The number of aliphatic imine (C=N–C) groups is 1. The van der Waals surface area contributed by atoms with Crippen LogP contribution in [0.1, 0.15) is 32.6 Å². The molecule has 2 unspecified atom stereocenters. The summed E-state index contributed by atoms with van der Waals surface area (Å²) in [6.07, 6.45) is 5.27. The minimum atomic E-state index is 0. The van der Waals surface area contributed by atoms with Gasteiger partial charge in [0, 0.05) is 51.9 Å². The summed E-state index contributed by atoms with van der Waals surface area (Å²) in [5.74, 6) is 1.09. The number of nitrogens with one attached hydrogen (secondary N) is 1. The van der Waals surface area contributed by atoms with Gasteiger partial charge in [0.05, 0.1) is 13.2 Å². The van der Waals surface area contributed by atoms with E-state index in [-0.39, 0.29) is 24.0 Å². The van der Waals surface area contributed by atoms with Gasteiger partial charge in [-0.1, -0.05) is 13.3 Å². The first-order valence-electron chi connectivity index (χ1n) is 9.83. The summed E-state index contributed by atoms with van der Waals surface area (Å²) >= 11 is 0. The molecule has 1 N–H and O–H groups in total. The van der Waals surface area contributed by atoms with Crippen LogP contribution in [0, 0.1) is 0 Å². The van der Waals surface area contributed by atoms with Crippen LogP contribution < -0.4 is 5.32 Å². The Morgan fingerprint density at radius 3 is 2.64 bits per heavy atom. The first kappa shape index (κ1) is 21.2. The highest BCUT2D eigenvalue weighted by Gasteiger charge is 2.30. The molecule has 2 atom stereocenters. The Balaban J connectivity index is 0.00000225. The first-order valence-corrected chi connectivity index (χ1v) is 9.83. The van der Waals surface area contributed by atoms with Crippen molar-refractivity contribution in [2.24, 2.45) is 4.99 Å². The lowest BCUT2D eigenvalue weighted by Gasteiger charge is -2.36. The van der Waals surface area contributed by atoms with Crippen molar-refractivity contribution < 1.29 is 4.74 Å². The van der Waals surface area contributed by atoms with Crippen LogP contribution in [0.2, 0.25) is 0 Å². The number of piperidine rings is 1. The fourth-order valence-electron chi connectivity index (χ4n) is 4.42. The van der Waals surface area contributed by atoms with Gasteiger partial charge in [0.1, 0.15) is 0 Å². The van der Waals surface area contributed by atoms with Gasteiger partial charge >= 0.3 is 0 Å². The standard InChI is InChI=1S/C18H35N5O.HI/c1-3-21-8-5-4-6-16(21)14-20-18(19-2)23-9-7-17(15-23)22-10-12-24-13-11-22;/h16-17H,3-15H2,1-2H3,(H,19,20);1H. The second kappa shape index (κ2) is 10.9. The van der Waals surface area contributed by atoms with Gasteiger partial charge < -0.3 is 15.0 Å². The summed E-state index contributed by atoms with van der Waals surface area (Å²) in [6.45, 7) is 11.9. The molecule has 3 fully saturated rings. The van der Waals surface area contributed by atoms with Crippen LogP contribution in [0.4, 0.5) is 0 Å². The third kappa shape index (κ3) is 5.68. The number of likely N-dealkylation sites (N-methyl/N-ethyl adjacent to an activating group) is 1. The fraction of sp³-hybridized carbons (Fsp3) is 0.944. The molecule has 25 heavy (non-hydrogen) atoms. The van der Waals surface area contributed by atoms with Crippen molar-refractivity contribution in [3.63, 3.8) is 0 Å². The van der Waals surface area contributed by atoms with E-state index in [1.54, 1.807) is 0 Å². The van der Waals surface area contributed by atoms with Gasteiger partial charge in [-0.2, -0.15) is 0 Å². The van der Waals surface area contributed by atoms with Crippen molar-refractivity contribution in [3.8, 4) is 0 Å². The molecule has 0 amide bonds. The average molecular weight is 465 g/mol. The summed E-state index contributed by atoms with van der Waals surface area (Å²) in [5.41, 5.74) is 0. The molecule has 3 heterocycles. The van der Waals surface area contributed by atoms with Crippen LogP contribution in [0.15, 0.2) is 4.99 Å². The molecule has 0 spiro atoms. The molecule has 0 radical (unpaired) electrons. The zero-order valence-corrected chi connectivity index (χ0v) is 18.3. The van der Waals surface area contributed by atoms with Gasteiger partial charge in [-0.15, -0.1) is 24.0 Å². The van der Waals surface area contributed by atoms with Crippen molar-refractivity contribution in [3.05, 3.63) is 0 Å². The molecule has 0 aromatic carbocycles. The number of ether oxygens (including phenoxy) is 1. The number of nitrogens with zero attached hydrogens (tertiary/aromatic N) is 4. The van der Waals surface area contributed by atoms with Crippen LogP contribution in [0.25, 0.3) is 0 Å². The minimum absolute atomic E-state index is 0. The second-order valence-corrected chi connectivity index (χ2v) is 7.24. The number of guanidine groups is 1. The van der Waals surface area contributed by atoms with E-state index in [2.05, 4.69) is 31.9 Å². The molecule has 3 aliphatic heterocycles. The summed E-state index contributed by atoms with van der Waals surface area (Å²) in [7, 11) is 1.92. The van der Waals surface area contributed by atoms with Crippen molar-refractivity contribution >= 4 is 29.9 Å². The predicted molar refractivity (Wildman–Crippen MR) is 114 cm³/mol. The predicted octanol–water partition coefficient (Wildman–Crippen LogP) is 1.46. The summed E-state index contributed by atoms with van der Waals surface area (Å²) in [4.78, 5) is 12.2. The highest BCUT2D eigenvalue weighted by atomic mass is 127. The van der Waals surface area contributed by atoms with Gasteiger partial charge in [-0.3, -0.25) is 14.8 Å². The number of hydrogen-bond acceptors (Lipinski definition) is 4. The third-order valence-electron chi connectivity index (χ3n) is 5.89. The zero-order chi connectivity index (χ0) is 16.8. The lowest BCUT2D eigenvalue weighted by Crippen LogP contribution is -2.50. The van der Waals surface area contributed by atoms with Crippen molar-refractivity contribution in [2.75, 3.05) is 66.1 Å². The van der Waals surface area contributed by atoms with Gasteiger partial charge in [-0.05, 0) is 32.4 Å². The molecule has 0 aromatic rings. The maximum Gasteiger partial charge on any atom is 0.193 e. The summed E-state index contributed by atoms with van der Waals surface area (Å²) < 4.78 is 5.49. The Morgan fingerprint density at radius 1 is 1.12 bits per heavy atom. The lowest BCUT2D eigenvalue weighted by molar-refractivity contribution is 0.0194. The Morgan fingerprint density at radius 2 is 1.92 bits per heavy atom. The maximum atomic E-state index is 5.49. The van der Waals surface area contributed by atoms with Crippen molar-refractivity contribution in [2.45, 2.75) is 44.7 Å². The van der Waals surface area contributed by atoms with Crippen molar-refractivity contribution in [1.29, 1.82) is 0 Å². The molecule has 3 rings (SSSR count). The Labute approximate surface area is 170 Å². The molecule has 6 nitrogen and oxygen atoms in total. The molecule has 7 heteroatoms. The zero-order valence-electron chi connectivity index (χ0n) is 16.0. The number of rotatable bonds is 4. The summed E-state index contributed by atoms with van der Waals surface area (Å²) in [6, 6.07) is 1.33. The van der Waals surface area contributed by atoms with E-state index in [1.807, 2.05) is 7.05 Å². The van der Waals surface area contributed by atoms with Crippen LogP contribution in [0.5, 0.6) is 0 Å². The van der Waals surface area contributed by atoms with Crippen LogP contribution >= 0.6 is 24.0 Å². The van der Waals surface area contributed by atoms with E-state index in [4.69, 9.17) is 4.74 Å². The topological polar surface area (TPSA) is 43.3 Å². The molecule has 0 saturated carbocycles. The number of halogens is 1. The molecular weight excluding hydrogens is 429 g/mol.